The molecule has 1 aromatic rings. The lowest BCUT2D eigenvalue weighted by atomic mass is 10.1. The molecule has 0 bridgehead atoms. The van der Waals surface area contributed by atoms with E-state index in [0.29, 0.717) is 11.5 Å². The highest BCUT2D eigenvalue weighted by Crippen LogP contribution is 2.37. The minimum Gasteiger partial charge on any atom is -0.481 e. The molecule has 90 valence electrons. The van der Waals surface area contributed by atoms with Gasteiger partial charge in [-0.2, -0.15) is 0 Å². The first-order valence-corrected chi connectivity index (χ1v) is 4.49. The lowest BCUT2D eigenvalue weighted by molar-refractivity contribution is 0.281. The molecule has 4 N–H and O–H groups in total. The highest BCUT2D eigenvalue weighted by molar-refractivity contribution is 5.91. The van der Waals surface area contributed by atoms with E-state index in [1.54, 1.807) is 0 Å². The van der Waals surface area contributed by atoms with Gasteiger partial charge in [-0.25, -0.2) is 4.99 Å². The lowest BCUT2D eigenvalue weighted by Gasteiger charge is -2.22. The van der Waals surface area contributed by atoms with Gasteiger partial charge in [0.1, 0.15) is 17.3 Å². The van der Waals surface area contributed by atoms with Crippen LogP contribution in [0.1, 0.15) is 12.5 Å². The van der Waals surface area contributed by atoms with Crippen molar-refractivity contribution in [3.05, 3.63) is 17.7 Å². The number of rotatable bonds is 0. The summed E-state index contributed by atoms with van der Waals surface area (Å²) in [6.07, 6.45) is -0.162. The number of amidine groups is 1. The van der Waals surface area contributed by atoms with Crippen molar-refractivity contribution in [2.45, 2.75) is 20.0 Å². The third kappa shape index (κ3) is 2.33. The smallest absolute Gasteiger partial charge is 0.153 e. The quantitative estimate of drug-likeness (QED) is 0.705. The van der Waals surface area contributed by atoms with E-state index in [1.807, 2.05) is 26.0 Å². The zero-order valence-electron chi connectivity index (χ0n) is 9.06. The molecule has 6 heteroatoms. The average Bonchev–Trinajstić information content (AvgIpc) is 2.15. The summed E-state index contributed by atoms with van der Waals surface area (Å²) in [5, 5.41) is 0. The number of hydrogen-bond acceptors (Lipinski definition) is 4. The topological polar surface area (TPSA) is 73.6 Å². The lowest BCUT2D eigenvalue weighted by Crippen LogP contribution is -2.33. The van der Waals surface area contributed by atoms with Gasteiger partial charge in [0.25, 0.3) is 0 Å². The van der Waals surface area contributed by atoms with Crippen LogP contribution in [0.4, 0.5) is 11.4 Å². The van der Waals surface area contributed by atoms with Crippen LogP contribution < -0.4 is 16.2 Å². The number of nitrogen functional groups attached to an aromatic ring is 1. The molecule has 0 amide bonds. The molecule has 4 nitrogen and oxygen atoms in total. The van der Waals surface area contributed by atoms with E-state index in [2.05, 4.69) is 4.99 Å². The molecule has 0 aliphatic carbocycles. The van der Waals surface area contributed by atoms with Crippen molar-refractivity contribution in [2.75, 3.05) is 5.73 Å². The number of nitrogens with zero attached hydrogens (tertiary/aromatic N) is 1. The zero-order valence-corrected chi connectivity index (χ0v) is 10.7. The van der Waals surface area contributed by atoms with E-state index < -0.39 is 0 Å². The summed E-state index contributed by atoms with van der Waals surface area (Å²) in [6.45, 7) is 3.78. The van der Waals surface area contributed by atoms with Crippen LogP contribution in [-0.2, 0) is 0 Å². The van der Waals surface area contributed by atoms with Crippen LogP contribution >= 0.6 is 24.8 Å². The number of benzene rings is 1. The number of hydrogen-bond donors (Lipinski definition) is 2. The zero-order chi connectivity index (χ0) is 10.3. The number of halogens is 2. The van der Waals surface area contributed by atoms with Crippen molar-refractivity contribution in [3.8, 4) is 5.75 Å². The minimum atomic E-state index is -0.162. The van der Waals surface area contributed by atoms with Gasteiger partial charge in [0.2, 0.25) is 0 Å². The average molecular weight is 264 g/mol. The van der Waals surface area contributed by atoms with Gasteiger partial charge in [0.15, 0.2) is 6.10 Å². The monoisotopic (exact) mass is 263 g/mol. The Labute approximate surface area is 107 Å². The standard InChI is InChI=1S/C10H13N3O.2ClH/c1-5-7(11)3-4-8-9(5)13-10(12)6(2)14-8;;/h3-4,6H,11H2,1-2H3,(H2,12,13);2*1H. The molecule has 1 unspecified atom stereocenters. The maximum absolute atomic E-state index is 5.76. The Kier molecular flexibility index (Phi) is 4.90. The Hall–Kier alpha value is -1.13. The fraction of sp³-hybridized carbons (Fsp3) is 0.300. The van der Waals surface area contributed by atoms with E-state index >= 15 is 0 Å². The molecule has 2 rings (SSSR count). The van der Waals surface area contributed by atoms with E-state index in [4.69, 9.17) is 16.2 Å². The highest BCUT2D eigenvalue weighted by atomic mass is 35.5. The first-order valence-electron chi connectivity index (χ1n) is 4.49. The maximum atomic E-state index is 5.76. The van der Waals surface area contributed by atoms with E-state index in [1.165, 1.54) is 0 Å². The molecule has 1 aliphatic heterocycles. The minimum absolute atomic E-state index is 0. The van der Waals surface area contributed by atoms with Gasteiger partial charge in [0.05, 0.1) is 0 Å². The molecule has 0 fully saturated rings. The molecule has 1 aromatic carbocycles. The molecule has 1 atom stereocenters. The summed E-state index contributed by atoms with van der Waals surface area (Å²) in [5.41, 5.74) is 13.8. The van der Waals surface area contributed by atoms with Crippen molar-refractivity contribution in [1.29, 1.82) is 0 Å². The number of fused-ring (bicyclic) bond motifs is 1. The predicted molar refractivity (Wildman–Crippen MR) is 71.5 cm³/mol. The number of aliphatic imine (C=N–C) groups is 1. The SMILES string of the molecule is Cc1c(N)ccc2c1N=C(N)C(C)O2.Cl.Cl. The van der Waals surface area contributed by atoms with Crippen LogP contribution in [0.5, 0.6) is 5.75 Å². The van der Waals surface area contributed by atoms with Crippen LogP contribution in [-0.4, -0.2) is 11.9 Å². The molecule has 0 saturated heterocycles. The number of ether oxygens (including phenoxy) is 1. The van der Waals surface area contributed by atoms with Gasteiger partial charge >= 0.3 is 0 Å². The Balaban J connectivity index is 0.00000112. The predicted octanol–water partition coefficient (Wildman–Crippen LogP) is 2.19. The second-order valence-electron chi connectivity index (χ2n) is 3.42. The molecule has 0 spiro atoms. The molecule has 16 heavy (non-hydrogen) atoms. The fourth-order valence-electron chi connectivity index (χ4n) is 1.40. The summed E-state index contributed by atoms with van der Waals surface area (Å²) in [4.78, 5) is 4.28. The first kappa shape index (κ1) is 14.9. The van der Waals surface area contributed by atoms with Crippen molar-refractivity contribution >= 4 is 42.0 Å². The van der Waals surface area contributed by atoms with Crippen molar-refractivity contribution < 1.29 is 4.74 Å². The Morgan fingerprint density at radius 1 is 1.25 bits per heavy atom. The van der Waals surface area contributed by atoms with Crippen molar-refractivity contribution in [1.82, 2.24) is 0 Å². The molecular weight excluding hydrogens is 249 g/mol. The van der Waals surface area contributed by atoms with Gasteiger partial charge < -0.3 is 16.2 Å². The van der Waals surface area contributed by atoms with E-state index in [9.17, 15) is 0 Å². The van der Waals surface area contributed by atoms with Gasteiger partial charge in [-0.05, 0) is 26.0 Å². The third-order valence-corrected chi connectivity index (χ3v) is 2.40. The molecular formula is C10H15Cl2N3O. The van der Waals surface area contributed by atoms with Gasteiger partial charge in [-0.3, -0.25) is 0 Å². The van der Waals surface area contributed by atoms with Crippen LogP contribution in [0.2, 0.25) is 0 Å². The molecule has 1 aliphatic rings. The summed E-state index contributed by atoms with van der Waals surface area (Å²) >= 11 is 0. The molecule has 1 heterocycles. The van der Waals surface area contributed by atoms with Crippen LogP contribution in [0, 0.1) is 6.92 Å². The maximum Gasteiger partial charge on any atom is 0.153 e. The molecule has 0 saturated carbocycles. The van der Waals surface area contributed by atoms with E-state index in [0.717, 1.165) is 17.0 Å². The third-order valence-electron chi connectivity index (χ3n) is 2.40. The first-order chi connectivity index (χ1) is 6.59. The van der Waals surface area contributed by atoms with Crippen LogP contribution in [0.3, 0.4) is 0 Å². The normalized spacial score (nSPS) is 17.1. The number of anilines is 1. The van der Waals surface area contributed by atoms with Crippen LogP contribution in [0.15, 0.2) is 17.1 Å². The second kappa shape index (κ2) is 5.27. The highest BCUT2D eigenvalue weighted by Gasteiger charge is 2.20. The molecule has 0 radical (unpaired) electrons. The summed E-state index contributed by atoms with van der Waals surface area (Å²) < 4.78 is 5.57. The summed E-state index contributed by atoms with van der Waals surface area (Å²) in [5.74, 6) is 1.24. The molecule has 0 aromatic heterocycles. The Morgan fingerprint density at radius 3 is 2.50 bits per heavy atom. The van der Waals surface area contributed by atoms with Crippen LogP contribution in [0.25, 0.3) is 0 Å². The van der Waals surface area contributed by atoms with Gasteiger partial charge in [-0.15, -0.1) is 24.8 Å². The van der Waals surface area contributed by atoms with E-state index in [-0.39, 0.29) is 30.9 Å². The van der Waals surface area contributed by atoms with Gasteiger partial charge in [0, 0.05) is 11.3 Å². The summed E-state index contributed by atoms with van der Waals surface area (Å²) in [6, 6.07) is 3.64. The summed E-state index contributed by atoms with van der Waals surface area (Å²) in [7, 11) is 0. The Morgan fingerprint density at radius 2 is 1.88 bits per heavy atom. The van der Waals surface area contributed by atoms with Crippen molar-refractivity contribution in [3.63, 3.8) is 0 Å². The second-order valence-corrected chi connectivity index (χ2v) is 3.42. The number of nitrogens with two attached hydrogens (primary N) is 2. The Bertz CT molecular complexity index is 421. The van der Waals surface area contributed by atoms with Crippen molar-refractivity contribution in [2.24, 2.45) is 10.7 Å². The largest absolute Gasteiger partial charge is 0.481 e. The van der Waals surface area contributed by atoms with Gasteiger partial charge in [-0.1, -0.05) is 0 Å². The fourth-order valence-corrected chi connectivity index (χ4v) is 1.40.